The molecule has 24 heavy (non-hydrogen) atoms. The molecule has 132 valence electrons. The van der Waals surface area contributed by atoms with Crippen LogP contribution < -0.4 is 0 Å². The van der Waals surface area contributed by atoms with E-state index in [1.54, 1.807) is 19.1 Å². The molecule has 0 bridgehead atoms. The highest BCUT2D eigenvalue weighted by Crippen LogP contribution is 2.39. The van der Waals surface area contributed by atoms with Crippen LogP contribution in [0.1, 0.15) is 44.4 Å². The topological polar surface area (TPSA) is 18.5 Å². The number of hydrogen-bond donors (Lipinski definition) is 1. The highest BCUT2D eigenvalue weighted by Gasteiger charge is 2.52. The largest absolute Gasteiger partial charge is 0.491 e. The normalized spacial score (nSPS) is 20.5. The molecule has 1 aliphatic heterocycles. The summed E-state index contributed by atoms with van der Waals surface area (Å²) >= 11 is 4.29. The van der Waals surface area contributed by atoms with Gasteiger partial charge in [0.2, 0.25) is 0 Å². The predicted molar refractivity (Wildman–Crippen MR) is 94.1 cm³/mol. The van der Waals surface area contributed by atoms with E-state index in [2.05, 4.69) is 12.6 Å². The van der Waals surface area contributed by atoms with E-state index >= 15 is 0 Å². The maximum atomic E-state index is 13.0. The molecule has 0 spiro atoms. The first kappa shape index (κ1) is 19.4. The van der Waals surface area contributed by atoms with Crippen molar-refractivity contribution in [2.45, 2.75) is 52.0 Å². The lowest BCUT2D eigenvalue weighted by molar-refractivity contribution is -0.137. The minimum absolute atomic E-state index is 0.326. The predicted octanol–water partition coefficient (Wildman–Crippen LogP) is 4.96. The van der Waals surface area contributed by atoms with Gasteiger partial charge in [-0.1, -0.05) is 12.1 Å². The van der Waals surface area contributed by atoms with E-state index in [1.165, 1.54) is 0 Å². The van der Waals surface area contributed by atoms with Gasteiger partial charge in [0.15, 0.2) is 0 Å². The summed E-state index contributed by atoms with van der Waals surface area (Å²) in [4.78, 5) is 0. The summed E-state index contributed by atoms with van der Waals surface area (Å²) in [6.45, 7) is 9.35. The fraction of sp³-hybridized carbons (Fsp3) is 0.529. The average Bonchev–Trinajstić information content (AvgIpc) is 2.63. The van der Waals surface area contributed by atoms with Crippen LogP contribution in [0.5, 0.6) is 0 Å². The molecule has 1 fully saturated rings. The Morgan fingerprint density at radius 3 is 2.12 bits per heavy atom. The van der Waals surface area contributed by atoms with Gasteiger partial charge in [0.1, 0.15) is 0 Å². The van der Waals surface area contributed by atoms with Crippen molar-refractivity contribution in [3.05, 3.63) is 40.4 Å². The molecular formula is C17H22BF3O2S. The summed E-state index contributed by atoms with van der Waals surface area (Å²) in [5.41, 5.74) is 0.00820. The van der Waals surface area contributed by atoms with Gasteiger partial charge in [0, 0.05) is 5.75 Å². The third-order valence-electron chi connectivity index (χ3n) is 4.52. The summed E-state index contributed by atoms with van der Waals surface area (Å²) in [7, 11) is -0.623. The summed E-state index contributed by atoms with van der Waals surface area (Å²) in [5, 5.41) is 0. The lowest BCUT2D eigenvalue weighted by atomic mass is 9.78. The van der Waals surface area contributed by atoms with Crippen LogP contribution in [0.15, 0.2) is 23.7 Å². The standard InChI is InChI=1S/C17H22BF3O2S/c1-11-6-12(8-13(7-11)17(19,20)21)9-14(10-24)18-22-15(2,3)16(4,5)23-18/h6-9,24H,10H2,1-5H3. The molecule has 0 N–H and O–H groups in total. The number of halogens is 3. The van der Waals surface area contributed by atoms with Gasteiger partial charge < -0.3 is 9.31 Å². The van der Waals surface area contributed by atoms with Gasteiger partial charge in [-0.2, -0.15) is 25.8 Å². The van der Waals surface area contributed by atoms with E-state index in [0.29, 0.717) is 22.4 Å². The van der Waals surface area contributed by atoms with Crippen molar-refractivity contribution >= 4 is 25.8 Å². The number of benzene rings is 1. The Labute approximate surface area is 147 Å². The van der Waals surface area contributed by atoms with Crippen LogP contribution in [0.4, 0.5) is 13.2 Å². The van der Waals surface area contributed by atoms with Gasteiger partial charge in [-0.05, 0) is 63.4 Å². The van der Waals surface area contributed by atoms with Crippen molar-refractivity contribution in [1.82, 2.24) is 0 Å². The molecule has 1 saturated heterocycles. The van der Waals surface area contributed by atoms with Crippen LogP contribution in [0.3, 0.4) is 0 Å². The Morgan fingerprint density at radius 1 is 1.12 bits per heavy atom. The monoisotopic (exact) mass is 358 g/mol. The molecule has 1 aromatic rings. The maximum absolute atomic E-state index is 13.0. The van der Waals surface area contributed by atoms with Gasteiger partial charge in [-0.3, -0.25) is 0 Å². The molecule has 7 heteroatoms. The molecule has 2 nitrogen and oxygen atoms in total. The Kier molecular flexibility index (Phi) is 5.20. The molecule has 0 aliphatic carbocycles. The number of alkyl halides is 3. The number of rotatable bonds is 3. The van der Waals surface area contributed by atoms with Gasteiger partial charge in [-0.25, -0.2) is 0 Å². The summed E-state index contributed by atoms with van der Waals surface area (Å²) in [6.07, 6.45) is -2.71. The second-order valence-corrected chi connectivity index (χ2v) is 7.41. The van der Waals surface area contributed by atoms with Crippen molar-refractivity contribution in [1.29, 1.82) is 0 Å². The summed E-state index contributed by atoms with van der Waals surface area (Å²) in [5.74, 6) is 0.326. The minimum Gasteiger partial charge on any atom is -0.400 e. The molecule has 0 radical (unpaired) electrons. The number of aryl methyl sites for hydroxylation is 1. The van der Waals surface area contributed by atoms with E-state index < -0.39 is 30.1 Å². The zero-order valence-corrected chi connectivity index (χ0v) is 15.4. The fourth-order valence-electron chi connectivity index (χ4n) is 2.46. The van der Waals surface area contributed by atoms with Crippen LogP contribution in [0, 0.1) is 6.92 Å². The van der Waals surface area contributed by atoms with Crippen LogP contribution in [-0.4, -0.2) is 24.1 Å². The first-order chi connectivity index (χ1) is 10.9. The summed E-state index contributed by atoms with van der Waals surface area (Å²) in [6, 6.07) is 3.96. The lowest BCUT2D eigenvalue weighted by Gasteiger charge is -2.32. The summed E-state index contributed by atoms with van der Waals surface area (Å²) < 4.78 is 50.9. The van der Waals surface area contributed by atoms with Gasteiger partial charge in [0.25, 0.3) is 0 Å². The van der Waals surface area contributed by atoms with E-state index in [4.69, 9.17) is 9.31 Å². The van der Waals surface area contributed by atoms with Crippen molar-refractivity contribution in [3.63, 3.8) is 0 Å². The molecule has 0 saturated carbocycles. The van der Waals surface area contributed by atoms with Crippen LogP contribution >= 0.6 is 12.6 Å². The van der Waals surface area contributed by atoms with E-state index in [-0.39, 0.29) is 0 Å². The molecule has 0 aromatic heterocycles. The highest BCUT2D eigenvalue weighted by atomic mass is 32.1. The van der Waals surface area contributed by atoms with E-state index in [9.17, 15) is 13.2 Å². The number of thiol groups is 1. The van der Waals surface area contributed by atoms with E-state index in [1.807, 2.05) is 27.7 Å². The molecular weight excluding hydrogens is 336 g/mol. The zero-order chi connectivity index (χ0) is 18.3. The Bertz CT molecular complexity index is 638. The first-order valence-electron chi connectivity index (χ1n) is 7.71. The fourth-order valence-corrected chi connectivity index (χ4v) is 2.70. The molecule has 0 atom stereocenters. The van der Waals surface area contributed by atoms with Crippen LogP contribution in [0.2, 0.25) is 0 Å². The number of hydrogen-bond acceptors (Lipinski definition) is 3. The Balaban J connectivity index is 2.37. The second-order valence-electron chi connectivity index (χ2n) is 7.10. The zero-order valence-electron chi connectivity index (χ0n) is 14.5. The van der Waals surface area contributed by atoms with Crippen LogP contribution in [-0.2, 0) is 15.5 Å². The first-order valence-corrected chi connectivity index (χ1v) is 8.35. The molecule has 0 unspecified atom stereocenters. The highest BCUT2D eigenvalue weighted by molar-refractivity contribution is 7.80. The third kappa shape index (κ3) is 4.00. The quantitative estimate of drug-likeness (QED) is 0.608. The van der Waals surface area contributed by atoms with Crippen molar-refractivity contribution in [3.8, 4) is 0 Å². The average molecular weight is 358 g/mol. The minimum atomic E-state index is -4.37. The molecule has 0 amide bonds. The molecule has 2 rings (SSSR count). The van der Waals surface area contributed by atoms with Crippen molar-refractivity contribution < 1.29 is 22.5 Å². The smallest absolute Gasteiger partial charge is 0.400 e. The molecule has 1 aliphatic rings. The van der Waals surface area contributed by atoms with Crippen molar-refractivity contribution in [2.75, 3.05) is 5.75 Å². The molecule has 1 aromatic carbocycles. The van der Waals surface area contributed by atoms with Gasteiger partial charge in [0.05, 0.1) is 16.8 Å². The maximum Gasteiger partial charge on any atom is 0.491 e. The SMILES string of the molecule is Cc1cc(C=C(CS)B2OC(C)(C)C(C)(C)O2)cc(C(F)(F)F)c1. The molecule has 1 heterocycles. The lowest BCUT2D eigenvalue weighted by Crippen LogP contribution is -2.41. The van der Waals surface area contributed by atoms with Crippen LogP contribution in [0.25, 0.3) is 6.08 Å². The van der Waals surface area contributed by atoms with Gasteiger partial charge >= 0.3 is 13.3 Å². The van der Waals surface area contributed by atoms with Crippen molar-refractivity contribution in [2.24, 2.45) is 0 Å². The Hall–Kier alpha value is -0.915. The van der Waals surface area contributed by atoms with Gasteiger partial charge in [-0.15, -0.1) is 0 Å². The second kappa shape index (κ2) is 6.43. The van der Waals surface area contributed by atoms with E-state index in [0.717, 1.165) is 12.1 Å². The third-order valence-corrected chi connectivity index (χ3v) is 4.88. The Morgan fingerprint density at radius 2 is 1.67 bits per heavy atom.